The fourth-order valence-corrected chi connectivity index (χ4v) is 2.07. The second-order valence-corrected chi connectivity index (χ2v) is 4.68. The number of rotatable bonds is 7. The Morgan fingerprint density at radius 1 is 1.12 bits per heavy atom. The van der Waals surface area contributed by atoms with Crippen LogP contribution >= 0.6 is 11.6 Å². The van der Waals surface area contributed by atoms with Crippen LogP contribution in [0.25, 0.3) is 0 Å². The molecule has 0 aliphatic rings. The van der Waals surface area contributed by atoms with Crippen LogP contribution in [0.3, 0.4) is 0 Å². The standard InChI is InChI=1S/C14H22ClN/c1-3-4-5-6-7-14(16-2)12-8-10-13(15)11-9-12/h8-11,14,16H,3-7H2,1-2H3. The lowest BCUT2D eigenvalue weighted by atomic mass is 10.0. The highest BCUT2D eigenvalue weighted by Crippen LogP contribution is 2.21. The van der Waals surface area contributed by atoms with Crippen molar-refractivity contribution in [3.63, 3.8) is 0 Å². The van der Waals surface area contributed by atoms with E-state index in [0.717, 1.165) is 5.02 Å². The van der Waals surface area contributed by atoms with Gasteiger partial charge < -0.3 is 5.32 Å². The van der Waals surface area contributed by atoms with Crippen molar-refractivity contribution in [3.05, 3.63) is 34.9 Å². The highest BCUT2D eigenvalue weighted by atomic mass is 35.5. The normalized spacial score (nSPS) is 12.7. The molecule has 0 saturated carbocycles. The van der Waals surface area contributed by atoms with E-state index in [2.05, 4.69) is 24.4 Å². The number of halogens is 1. The largest absolute Gasteiger partial charge is 0.313 e. The van der Waals surface area contributed by atoms with E-state index in [4.69, 9.17) is 11.6 Å². The predicted octanol–water partition coefficient (Wildman–Crippen LogP) is 4.57. The first-order chi connectivity index (χ1) is 7.77. The van der Waals surface area contributed by atoms with Gasteiger partial charge in [0.05, 0.1) is 0 Å². The van der Waals surface area contributed by atoms with E-state index in [1.54, 1.807) is 0 Å². The van der Waals surface area contributed by atoms with E-state index in [0.29, 0.717) is 6.04 Å². The van der Waals surface area contributed by atoms with Crippen LogP contribution in [-0.4, -0.2) is 7.05 Å². The molecular formula is C14H22ClN. The Morgan fingerprint density at radius 3 is 2.38 bits per heavy atom. The average Bonchev–Trinajstić information content (AvgIpc) is 2.31. The lowest BCUT2D eigenvalue weighted by Crippen LogP contribution is -2.16. The van der Waals surface area contributed by atoms with Crippen molar-refractivity contribution < 1.29 is 0 Å². The molecule has 2 heteroatoms. The van der Waals surface area contributed by atoms with Gasteiger partial charge in [0.15, 0.2) is 0 Å². The molecule has 1 nitrogen and oxygen atoms in total. The summed E-state index contributed by atoms with van der Waals surface area (Å²) in [5.74, 6) is 0. The Bertz CT molecular complexity index is 281. The smallest absolute Gasteiger partial charge is 0.0406 e. The molecule has 0 fully saturated rings. The summed E-state index contributed by atoms with van der Waals surface area (Å²) < 4.78 is 0. The molecule has 0 aliphatic heterocycles. The predicted molar refractivity (Wildman–Crippen MR) is 72.0 cm³/mol. The van der Waals surface area contributed by atoms with Gasteiger partial charge in [0, 0.05) is 11.1 Å². The minimum atomic E-state index is 0.467. The van der Waals surface area contributed by atoms with Gasteiger partial charge in [0.1, 0.15) is 0 Å². The van der Waals surface area contributed by atoms with Crippen LogP contribution in [0.15, 0.2) is 24.3 Å². The maximum Gasteiger partial charge on any atom is 0.0406 e. The summed E-state index contributed by atoms with van der Waals surface area (Å²) >= 11 is 5.88. The molecule has 0 saturated heterocycles. The molecule has 0 amide bonds. The summed E-state index contributed by atoms with van der Waals surface area (Å²) in [5, 5.41) is 4.18. The molecule has 1 aromatic carbocycles. The van der Waals surface area contributed by atoms with E-state index in [1.807, 2.05) is 19.2 Å². The molecule has 0 radical (unpaired) electrons. The Kier molecular flexibility index (Phi) is 6.51. The van der Waals surface area contributed by atoms with E-state index < -0.39 is 0 Å². The molecule has 0 bridgehead atoms. The second kappa shape index (κ2) is 7.70. The third-order valence-corrected chi connectivity index (χ3v) is 3.22. The summed E-state index contributed by atoms with van der Waals surface area (Å²) in [5.41, 5.74) is 1.34. The molecule has 1 aromatic rings. The SMILES string of the molecule is CCCCCCC(NC)c1ccc(Cl)cc1. The summed E-state index contributed by atoms with van der Waals surface area (Å²) in [6.07, 6.45) is 6.48. The molecule has 16 heavy (non-hydrogen) atoms. The molecule has 1 N–H and O–H groups in total. The first-order valence-electron chi connectivity index (χ1n) is 6.20. The van der Waals surface area contributed by atoms with E-state index in [-0.39, 0.29) is 0 Å². The molecule has 90 valence electrons. The number of hydrogen-bond acceptors (Lipinski definition) is 1. The Labute approximate surface area is 104 Å². The third-order valence-electron chi connectivity index (χ3n) is 2.97. The van der Waals surface area contributed by atoms with Gasteiger partial charge in [-0.2, -0.15) is 0 Å². The Hall–Kier alpha value is -0.530. The fourth-order valence-electron chi connectivity index (χ4n) is 1.95. The third kappa shape index (κ3) is 4.54. The fraction of sp³-hybridized carbons (Fsp3) is 0.571. The number of hydrogen-bond donors (Lipinski definition) is 1. The molecule has 1 unspecified atom stereocenters. The lowest BCUT2D eigenvalue weighted by molar-refractivity contribution is 0.505. The zero-order valence-corrected chi connectivity index (χ0v) is 11.1. The average molecular weight is 240 g/mol. The quantitative estimate of drug-likeness (QED) is 0.688. The topological polar surface area (TPSA) is 12.0 Å². The van der Waals surface area contributed by atoms with Crippen molar-refractivity contribution >= 4 is 11.6 Å². The maximum atomic E-state index is 5.88. The van der Waals surface area contributed by atoms with Crippen LogP contribution in [0.4, 0.5) is 0 Å². The van der Waals surface area contributed by atoms with Crippen molar-refractivity contribution in [2.75, 3.05) is 7.05 Å². The van der Waals surface area contributed by atoms with Crippen molar-refractivity contribution in [1.29, 1.82) is 0 Å². The van der Waals surface area contributed by atoms with Gasteiger partial charge in [0.25, 0.3) is 0 Å². The first-order valence-corrected chi connectivity index (χ1v) is 6.58. The van der Waals surface area contributed by atoms with Crippen molar-refractivity contribution in [2.45, 2.75) is 45.1 Å². The van der Waals surface area contributed by atoms with Crippen LogP contribution in [0.5, 0.6) is 0 Å². The van der Waals surface area contributed by atoms with Crippen LogP contribution in [0, 0.1) is 0 Å². The monoisotopic (exact) mass is 239 g/mol. The highest BCUT2D eigenvalue weighted by molar-refractivity contribution is 6.30. The molecule has 0 heterocycles. The first kappa shape index (κ1) is 13.5. The van der Waals surface area contributed by atoms with E-state index in [1.165, 1.54) is 37.7 Å². The van der Waals surface area contributed by atoms with E-state index in [9.17, 15) is 0 Å². The van der Waals surface area contributed by atoms with Crippen LogP contribution < -0.4 is 5.32 Å². The van der Waals surface area contributed by atoms with Gasteiger partial charge in [-0.05, 0) is 31.2 Å². The number of nitrogens with one attached hydrogen (secondary N) is 1. The number of unbranched alkanes of at least 4 members (excludes halogenated alkanes) is 3. The molecule has 1 rings (SSSR count). The van der Waals surface area contributed by atoms with Gasteiger partial charge in [-0.25, -0.2) is 0 Å². The summed E-state index contributed by atoms with van der Waals surface area (Å²) in [6.45, 7) is 2.24. The molecule has 0 aromatic heterocycles. The van der Waals surface area contributed by atoms with Gasteiger partial charge >= 0.3 is 0 Å². The molecule has 0 aliphatic carbocycles. The number of benzene rings is 1. The lowest BCUT2D eigenvalue weighted by Gasteiger charge is -2.16. The molecular weight excluding hydrogens is 218 g/mol. The van der Waals surface area contributed by atoms with E-state index >= 15 is 0 Å². The highest BCUT2D eigenvalue weighted by Gasteiger charge is 2.07. The van der Waals surface area contributed by atoms with Crippen LogP contribution in [0.2, 0.25) is 5.02 Å². The molecule has 0 spiro atoms. The van der Waals surface area contributed by atoms with Crippen LogP contribution in [0.1, 0.15) is 50.6 Å². The zero-order chi connectivity index (χ0) is 11.8. The minimum Gasteiger partial charge on any atom is -0.313 e. The molecule has 1 atom stereocenters. The van der Waals surface area contributed by atoms with Gasteiger partial charge in [-0.1, -0.05) is 56.3 Å². The van der Waals surface area contributed by atoms with Gasteiger partial charge in [-0.15, -0.1) is 0 Å². The van der Waals surface area contributed by atoms with Gasteiger partial charge in [-0.3, -0.25) is 0 Å². The minimum absolute atomic E-state index is 0.467. The summed E-state index contributed by atoms with van der Waals surface area (Å²) in [6, 6.07) is 8.63. The summed E-state index contributed by atoms with van der Waals surface area (Å²) in [4.78, 5) is 0. The maximum absolute atomic E-state index is 5.88. The Balaban J connectivity index is 2.44. The van der Waals surface area contributed by atoms with Crippen molar-refractivity contribution in [2.24, 2.45) is 0 Å². The zero-order valence-electron chi connectivity index (χ0n) is 10.3. The van der Waals surface area contributed by atoms with Crippen molar-refractivity contribution in [3.8, 4) is 0 Å². The van der Waals surface area contributed by atoms with Crippen molar-refractivity contribution in [1.82, 2.24) is 5.32 Å². The Morgan fingerprint density at radius 2 is 1.81 bits per heavy atom. The summed E-state index contributed by atoms with van der Waals surface area (Å²) in [7, 11) is 2.03. The van der Waals surface area contributed by atoms with Gasteiger partial charge in [0.2, 0.25) is 0 Å². The second-order valence-electron chi connectivity index (χ2n) is 4.24. The van der Waals surface area contributed by atoms with Crippen LogP contribution in [-0.2, 0) is 0 Å².